The van der Waals surface area contributed by atoms with Crippen LogP contribution in [0.1, 0.15) is 24.8 Å². The van der Waals surface area contributed by atoms with Crippen molar-refractivity contribution in [1.29, 1.82) is 0 Å². The summed E-state index contributed by atoms with van der Waals surface area (Å²) < 4.78 is 33.4. The molecule has 4 rings (SSSR count). The number of hydrogen-bond acceptors (Lipinski definition) is 6. The largest absolute Gasteiger partial charge is 0.459 e. The molecule has 2 aliphatic rings. The highest BCUT2D eigenvalue weighted by Gasteiger charge is 2.32. The molecule has 0 spiro atoms. The average Bonchev–Trinajstić information content (AvgIpc) is 2.68. The van der Waals surface area contributed by atoms with E-state index >= 15 is 0 Å². The smallest absolute Gasteiger partial charge is 0.316 e. The molecule has 9 heteroatoms. The van der Waals surface area contributed by atoms with E-state index in [2.05, 4.69) is 15.3 Å². The van der Waals surface area contributed by atoms with Gasteiger partial charge in [0.2, 0.25) is 15.9 Å². The SMILES string of the molecule is O=C1CCc2cc(S(=O)(=O)N3CCCC(Oc4ncccn4)C3)ccc2N1. The number of carbonyl (C=O) groups excluding carboxylic acids is 1. The van der Waals surface area contributed by atoms with Crippen molar-refractivity contribution in [1.82, 2.24) is 14.3 Å². The minimum atomic E-state index is -3.63. The van der Waals surface area contributed by atoms with E-state index in [-0.39, 0.29) is 29.5 Å². The number of aryl methyl sites for hydroxylation is 1. The number of hydrogen-bond donors (Lipinski definition) is 1. The van der Waals surface area contributed by atoms with Gasteiger partial charge in [0.25, 0.3) is 0 Å². The summed E-state index contributed by atoms with van der Waals surface area (Å²) in [5, 5.41) is 2.77. The average molecular weight is 388 g/mol. The number of anilines is 1. The van der Waals surface area contributed by atoms with Crippen molar-refractivity contribution >= 4 is 21.6 Å². The molecule has 1 aromatic heterocycles. The molecular weight excluding hydrogens is 368 g/mol. The summed E-state index contributed by atoms with van der Waals surface area (Å²) in [5.74, 6) is -0.0442. The fourth-order valence-corrected chi connectivity index (χ4v) is 4.95. The van der Waals surface area contributed by atoms with Crippen LogP contribution in [0.2, 0.25) is 0 Å². The summed E-state index contributed by atoms with van der Waals surface area (Å²) >= 11 is 0. The Morgan fingerprint density at radius 3 is 2.81 bits per heavy atom. The van der Waals surface area contributed by atoms with Crippen molar-refractivity contribution in [3.05, 3.63) is 42.2 Å². The van der Waals surface area contributed by atoms with Crippen LogP contribution in [-0.4, -0.2) is 47.8 Å². The number of aromatic nitrogens is 2. The summed E-state index contributed by atoms with van der Waals surface area (Å²) in [6.07, 6.45) is 5.26. The third-order valence-electron chi connectivity index (χ3n) is 4.77. The maximum absolute atomic E-state index is 13.1. The Bertz CT molecular complexity index is 949. The maximum Gasteiger partial charge on any atom is 0.316 e. The standard InChI is InChI=1S/C18H20N4O4S/c23-17-7-4-13-11-15(5-6-16(13)21-17)27(24,25)22-10-1-3-14(12-22)26-18-19-8-2-9-20-18/h2,5-6,8-9,11,14H,1,3-4,7,10,12H2,(H,21,23). The number of rotatable bonds is 4. The second-order valence-corrected chi connectivity index (χ2v) is 8.58. The molecule has 8 nitrogen and oxygen atoms in total. The zero-order valence-corrected chi connectivity index (χ0v) is 15.5. The molecule has 1 N–H and O–H groups in total. The van der Waals surface area contributed by atoms with Gasteiger partial charge in [-0.05, 0) is 49.1 Å². The van der Waals surface area contributed by atoms with Crippen molar-refractivity contribution in [3.8, 4) is 6.01 Å². The van der Waals surface area contributed by atoms with Gasteiger partial charge in [0.05, 0.1) is 11.4 Å². The first-order valence-corrected chi connectivity index (χ1v) is 10.3. The van der Waals surface area contributed by atoms with E-state index in [1.807, 2.05) is 0 Å². The lowest BCUT2D eigenvalue weighted by atomic mass is 10.0. The van der Waals surface area contributed by atoms with Gasteiger partial charge in [-0.15, -0.1) is 0 Å². The molecule has 1 amide bonds. The second kappa shape index (κ2) is 7.24. The number of nitrogens with one attached hydrogen (secondary N) is 1. The fourth-order valence-electron chi connectivity index (χ4n) is 3.38. The summed E-state index contributed by atoms with van der Waals surface area (Å²) in [6.45, 7) is 0.708. The van der Waals surface area contributed by atoms with Crippen LogP contribution in [0.15, 0.2) is 41.6 Å². The van der Waals surface area contributed by atoms with Gasteiger partial charge >= 0.3 is 6.01 Å². The molecule has 1 saturated heterocycles. The van der Waals surface area contributed by atoms with Crippen LogP contribution in [0, 0.1) is 0 Å². The lowest BCUT2D eigenvalue weighted by molar-refractivity contribution is -0.116. The first kappa shape index (κ1) is 17.9. The van der Waals surface area contributed by atoms with Gasteiger partial charge in [-0.25, -0.2) is 18.4 Å². The van der Waals surface area contributed by atoms with Crippen LogP contribution in [0.3, 0.4) is 0 Å². The first-order chi connectivity index (χ1) is 13.0. The van der Waals surface area contributed by atoms with Crippen LogP contribution in [-0.2, 0) is 21.2 Å². The molecule has 1 atom stereocenters. The summed E-state index contributed by atoms with van der Waals surface area (Å²) in [5.41, 5.74) is 1.53. The quantitative estimate of drug-likeness (QED) is 0.854. The number of ether oxygens (including phenoxy) is 1. The first-order valence-electron chi connectivity index (χ1n) is 8.89. The Labute approximate surface area is 157 Å². The Morgan fingerprint density at radius 1 is 1.19 bits per heavy atom. The molecule has 0 aliphatic carbocycles. The van der Waals surface area contributed by atoms with E-state index < -0.39 is 10.0 Å². The molecule has 142 valence electrons. The van der Waals surface area contributed by atoms with Crippen molar-refractivity contribution in [3.63, 3.8) is 0 Å². The lowest BCUT2D eigenvalue weighted by Crippen LogP contribution is -2.44. The van der Waals surface area contributed by atoms with Crippen LogP contribution in [0.5, 0.6) is 6.01 Å². The van der Waals surface area contributed by atoms with Gasteiger partial charge in [-0.1, -0.05) is 0 Å². The molecule has 1 unspecified atom stereocenters. The molecule has 1 fully saturated rings. The van der Waals surface area contributed by atoms with E-state index in [0.717, 1.165) is 12.0 Å². The van der Waals surface area contributed by atoms with Crippen LogP contribution >= 0.6 is 0 Å². The Balaban J connectivity index is 1.52. The topological polar surface area (TPSA) is 101 Å². The number of nitrogens with zero attached hydrogens (tertiary/aromatic N) is 3. The Hall–Kier alpha value is -2.52. The van der Waals surface area contributed by atoms with Crippen molar-refractivity contribution in [2.45, 2.75) is 36.7 Å². The minimum Gasteiger partial charge on any atom is -0.459 e. The lowest BCUT2D eigenvalue weighted by Gasteiger charge is -2.31. The Kier molecular flexibility index (Phi) is 4.79. The molecule has 2 aromatic rings. The molecule has 27 heavy (non-hydrogen) atoms. The van der Waals surface area contributed by atoms with Crippen molar-refractivity contribution in [2.24, 2.45) is 0 Å². The van der Waals surface area contributed by atoms with Gasteiger partial charge in [0.1, 0.15) is 6.10 Å². The van der Waals surface area contributed by atoms with Gasteiger partial charge < -0.3 is 10.1 Å². The van der Waals surface area contributed by atoms with Crippen LogP contribution in [0.4, 0.5) is 5.69 Å². The molecular formula is C18H20N4O4S. The monoisotopic (exact) mass is 388 g/mol. The molecule has 0 saturated carbocycles. The molecule has 2 aliphatic heterocycles. The number of benzene rings is 1. The minimum absolute atomic E-state index is 0.0442. The number of sulfonamides is 1. The van der Waals surface area contributed by atoms with E-state index in [1.54, 1.807) is 36.7 Å². The van der Waals surface area contributed by atoms with Crippen molar-refractivity contribution in [2.75, 3.05) is 18.4 Å². The van der Waals surface area contributed by atoms with Gasteiger partial charge in [-0.3, -0.25) is 4.79 Å². The van der Waals surface area contributed by atoms with Crippen molar-refractivity contribution < 1.29 is 17.9 Å². The summed E-state index contributed by atoms with van der Waals surface area (Å²) in [6, 6.07) is 6.82. The molecule has 1 aromatic carbocycles. The predicted octanol–water partition coefficient (Wildman–Crippen LogP) is 1.59. The highest BCUT2D eigenvalue weighted by atomic mass is 32.2. The normalized spacial score (nSPS) is 20.6. The molecule has 0 radical (unpaired) electrons. The summed E-state index contributed by atoms with van der Waals surface area (Å²) in [4.78, 5) is 19.8. The predicted molar refractivity (Wildman–Crippen MR) is 97.8 cm³/mol. The maximum atomic E-state index is 13.1. The van der Waals surface area contributed by atoms with E-state index in [0.29, 0.717) is 31.5 Å². The molecule has 3 heterocycles. The number of piperidine rings is 1. The van der Waals surface area contributed by atoms with Crippen LogP contribution in [0.25, 0.3) is 0 Å². The van der Waals surface area contributed by atoms with E-state index in [4.69, 9.17) is 4.74 Å². The van der Waals surface area contributed by atoms with Gasteiger partial charge in [0.15, 0.2) is 0 Å². The highest BCUT2D eigenvalue weighted by Crippen LogP contribution is 2.28. The Morgan fingerprint density at radius 2 is 2.00 bits per heavy atom. The van der Waals surface area contributed by atoms with Gasteiger partial charge in [0, 0.05) is 31.0 Å². The number of carbonyl (C=O) groups is 1. The van der Waals surface area contributed by atoms with E-state index in [1.165, 1.54) is 4.31 Å². The van der Waals surface area contributed by atoms with Gasteiger partial charge in [-0.2, -0.15) is 4.31 Å². The third-order valence-corrected chi connectivity index (χ3v) is 6.63. The zero-order chi connectivity index (χ0) is 18.9. The van der Waals surface area contributed by atoms with E-state index in [9.17, 15) is 13.2 Å². The van der Waals surface area contributed by atoms with Crippen LogP contribution < -0.4 is 10.1 Å². The second-order valence-electron chi connectivity index (χ2n) is 6.64. The highest BCUT2D eigenvalue weighted by molar-refractivity contribution is 7.89. The number of amides is 1. The molecule has 0 bridgehead atoms. The fraction of sp³-hybridized carbons (Fsp3) is 0.389. The zero-order valence-electron chi connectivity index (χ0n) is 14.7. The third kappa shape index (κ3) is 3.79. The summed E-state index contributed by atoms with van der Waals surface area (Å²) in [7, 11) is -3.63. The number of fused-ring (bicyclic) bond motifs is 1.